The minimum atomic E-state index is 0.109. The summed E-state index contributed by atoms with van der Waals surface area (Å²) in [4.78, 5) is 15.3. The van der Waals surface area contributed by atoms with Gasteiger partial charge in [-0.3, -0.25) is 0 Å². The van der Waals surface area contributed by atoms with Crippen LogP contribution in [0.2, 0.25) is 0 Å². The molecule has 1 saturated heterocycles. The van der Waals surface area contributed by atoms with Crippen LogP contribution < -0.4 is 4.90 Å². The van der Waals surface area contributed by atoms with Crippen LogP contribution in [0.4, 0.5) is 5.82 Å². The molecular formula is C14H17N7O. The molecule has 0 bridgehead atoms. The maximum Gasteiger partial charge on any atom is 0.254 e. The molecule has 4 rings (SSSR count). The number of aryl methyl sites for hydroxylation is 2. The Morgan fingerprint density at radius 2 is 2.27 bits per heavy atom. The number of fused-ring (bicyclic) bond motifs is 1. The summed E-state index contributed by atoms with van der Waals surface area (Å²) >= 11 is 0. The molecule has 0 aromatic carbocycles. The summed E-state index contributed by atoms with van der Waals surface area (Å²) in [5.74, 6) is 3.02. The van der Waals surface area contributed by atoms with Crippen molar-refractivity contribution in [3.8, 4) is 0 Å². The first kappa shape index (κ1) is 13.2. The number of anilines is 1. The first-order valence-corrected chi connectivity index (χ1v) is 7.52. The monoisotopic (exact) mass is 299 g/mol. The van der Waals surface area contributed by atoms with E-state index in [0.717, 1.165) is 43.1 Å². The van der Waals surface area contributed by atoms with E-state index in [1.165, 1.54) is 6.33 Å². The van der Waals surface area contributed by atoms with E-state index in [1.807, 2.05) is 19.9 Å². The van der Waals surface area contributed by atoms with Crippen molar-refractivity contribution in [3.63, 3.8) is 0 Å². The van der Waals surface area contributed by atoms with Gasteiger partial charge >= 0.3 is 0 Å². The summed E-state index contributed by atoms with van der Waals surface area (Å²) < 4.78 is 7.04. The van der Waals surface area contributed by atoms with E-state index in [9.17, 15) is 0 Å². The van der Waals surface area contributed by atoms with Crippen LogP contribution in [0.25, 0.3) is 5.78 Å². The lowest BCUT2D eigenvalue weighted by molar-refractivity contribution is 0.373. The van der Waals surface area contributed by atoms with Crippen molar-refractivity contribution in [1.29, 1.82) is 0 Å². The number of hydrogen-bond donors (Lipinski definition) is 0. The van der Waals surface area contributed by atoms with E-state index < -0.39 is 0 Å². The molecule has 0 spiro atoms. The Morgan fingerprint density at radius 1 is 1.36 bits per heavy atom. The molecule has 0 radical (unpaired) electrons. The highest BCUT2D eigenvalue weighted by Gasteiger charge is 2.32. The van der Waals surface area contributed by atoms with Gasteiger partial charge in [-0.15, -0.1) is 0 Å². The van der Waals surface area contributed by atoms with Gasteiger partial charge in [-0.1, -0.05) is 12.1 Å². The molecule has 0 amide bonds. The van der Waals surface area contributed by atoms with Crippen LogP contribution in [0, 0.1) is 6.92 Å². The normalized spacial score (nSPS) is 18.5. The average Bonchev–Trinajstić information content (AvgIpc) is 3.24. The van der Waals surface area contributed by atoms with Gasteiger partial charge in [0.1, 0.15) is 12.1 Å². The van der Waals surface area contributed by atoms with Crippen LogP contribution in [0.15, 0.2) is 16.9 Å². The average molecular weight is 299 g/mol. The lowest BCUT2D eigenvalue weighted by Crippen LogP contribution is -2.26. The zero-order chi connectivity index (χ0) is 15.1. The van der Waals surface area contributed by atoms with Crippen LogP contribution in [0.1, 0.15) is 43.2 Å². The molecule has 1 atom stereocenters. The van der Waals surface area contributed by atoms with E-state index in [2.05, 4.69) is 30.1 Å². The molecule has 0 saturated carbocycles. The number of rotatable bonds is 3. The maximum absolute atomic E-state index is 5.27. The van der Waals surface area contributed by atoms with Gasteiger partial charge in [0, 0.05) is 24.7 Å². The SMILES string of the molecule is CCc1nc([C@@H]2CCCN2c2cc(C)nc3ncnn23)no1. The third-order valence-electron chi connectivity index (χ3n) is 3.99. The molecule has 3 aromatic rings. The third-order valence-corrected chi connectivity index (χ3v) is 3.99. The van der Waals surface area contributed by atoms with Gasteiger partial charge in [-0.2, -0.15) is 19.6 Å². The topological polar surface area (TPSA) is 85.2 Å². The zero-order valence-electron chi connectivity index (χ0n) is 12.6. The zero-order valence-corrected chi connectivity index (χ0v) is 12.6. The first-order chi connectivity index (χ1) is 10.8. The number of aromatic nitrogens is 6. The Hall–Kier alpha value is -2.51. The van der Waals surface area contributed by atoms with E-state index >= 15 is 0 Å². The van der Waals surface area contributed by atoms with E-state index in [-0.39, 0.29) is 6.04 Å². The molecule has 1 aliphatic rings. The van der Waals surface area contributed by atoms with Crippen LogP contribution in [-0.2, 0) is 6.42 Å². The van der Waals surface area contributed by atoms with E-state index in [1.54, 1.807) is 4.52 Å². The Labute approximate surface area is 127 Å². The second-order valence-electron chi connectivity index (χ2n) is 5.48. The van der Waals surface area contributed by atoms with Gasteiger partial charge in [-0.25, -0.2) is 4.98 Å². The fourth-order valence-corrected chi connectivity index (χ4v) is 2.97. The van der Waals surface area contributed by atoms with Crippen LogP contribution >= 0.6 is 0 Å². The van der Waals surface area contributed by atoms with Gasteiger partial charge < -0.3 is 9.42 Å². The van der Waals surface area contributed by atoms with Crippen molar-refractivity contribution >= 4 is 11.6 Å². The Bertz CT molecular complexity index is 808. The van der Waals surface area contributed by atoms with Gasteiger partial charge in [0.05, 0.1) is 6.04 Å². The molecule has 22 heavy (non-hydrogen) atoms. The van der Waals surface area contributed by atoms with Crippen LogP contribution in [0.5, 0.6) is 0 Å². The first-order valence-electron chi connectivity index (χ1n) is 7.52. The highest BCUT2D eigenvalue weighted by molar-refractivity contribution is 5.49. The van der Waals surface area contributed by atoms with Crippen molar-refractivity contribution in [2.45, 2.75) is 39.2 Å². The molecular weight excluding hydrogens is 282 g/mol. The van der Waals surface area contributed by atoms with E-state index in [4.69, 9.17) is 4.52 Å². The molecule has 8 nitrogen and oxygen atoms in total. The highest BCUT2D eigenvalue weighted by Crippen LogP contribution is 2.34. The molecule has 4 heterocycles. The van der Waals surface area contributed by atoms with Crippen molar-refractivity contribution in [1.82, 2.24) is 29.7 Å². The fourth-order valence-electron chi connectivity index (χ4n) is 2.97. The van der Waals surface area contributed by atoms with Crippen molar-refractivity contribution in [2.75, 3.05) is 11.4 Å². The minimum absolute atomic E-state index is 0.109. The Kier molecular flexibility index (Phi) is 3.02. The lowest BCUT2D eigenvalue weighted by atomic mass is 10.2. The molecule has 1 aliphatic heterocycles. The second kappa shape index (κ2) is 5.04. The second-order valence-corrected chi connectivity index (χ2v) is 5.48. The molecule has 0 aliphatic carbocycles. The standard InChI is InChI=1S/C14H17N7O/c1-3-11-18-13(19-22-11)10-5-4-6-20(10)12-7-9(2)17-14-15-8-16-21(12)14/h7-8,10H,3-6H2,1-2H3/t10-/m0/s1. The van der Waals surface area contributed by atoms with Crippen LogP contribution in [0.3, 0.4) is 0 Å². The quantitative estimate of drug-likeness (QED) is 0.727. The fraction of sp³-hybridized carbons (Fsp3) is 0.500. The maximum atomic E-state index is 5.27. The summed E-state index contributed by atoms with van der Waals surface area (Å²) in [5.41, 5.74) is 0.920. The smallest absolute Gasteiger partial charge is 0.254 e. The Balaban J connectivity index is 1.77. The molecule has 0 unspecified atom stereocenters. The molecule has 1 fully saturated rings. The molecule has 8 heteroatoms. The molecule has 3 aromatic heterocycles. The van der Waals surface area contributed by atoms with E-state index in [0.29, 0.717) is 11.7 Å². The summed E-state index contributed by atoms with van der Waals surface area (Å²) in [5, 5.41) is 8.44. The minimum Gasteiger partial charge on any atom is -0.346 e. The summed E-state index contributed by atoms with van der Waals surface area (Å²) in [6.45, 7) is 4.90. The summed E-state index contributed by atoms with van der Waals surface area (Å²) in [6.07, 6.45) is 4.36. The van der Waals surface area contributed by atoms with Gasteiger partial charge in [0.2, 0.25) is 5.89 Å². The lowest BCUT2D eigenvalue weighted by Gasteiger charge is -2.24. The van der Waals surface area contributed by atoms with Crippen molar-refractivity contribution in [3.05, 3.63) is 29.8 Å². The molecule has 0 N–H and O–H groups in total. The molecule has 114 valence electrons. The number of nitrogens with zero attached hydrogens (tertiary/aromatic N) is 7. The summed E-state index contributed by atoms with van der Waals surface area (Å²) in [7, 11) is 0. The van der Waals surface area contributed by atoms with Gasteiger partial charge in [-0.05, 0) is 19.8 Å². The highest BCUT2D eigenvalue weighted by atomic mass is 16.5. The predicted molar refractivity (Wildman–Crippen MR) is 78.5 cm³/mol. The third kappa shape index (κ3) is 2.02. The van der Waals surface area contributed by atoms with Gasteiger partial charge in [0.25, 0.3) is 5.78 Å². The van der Waals surface area contributed by atoms with Crippen molar-refractivity contribution in [2.24, 2.45) is 0 Å². The predicted octanol–water partition coefficient (Wildman–Crippen LogP) is 1.72. The van der Waals surface area contributed by atoms with Crippen LogP contribution in [-0.4, -0.2) is 36.3 Å². The van der Waals surface area contributed by atoms with Gasteiger partial charge in [0.15, 0.2) is 5.82 Å². The summed E-state index contributed by atoms with van der Waals surface area (Å²) in [6, 6.07) is 2.14. The largest absolute Gasteiger partial charge is 0.346 e. The Morgan fingerprint density at radius 3 is 3.09 bits per heavy atom. The number of hydrogen-bond acceptors (Lipinski definition) is 7. The van der Waals surface area contributed by atoms with Crippen molar-refractivity contribution < 1.29 is 4.52 Å².